The molecule has 114 valence electrons. The molecule has 0 saturated heterocycles. The van der Waals surface area contributed by atoms with Gasteiger partial charge in [-0.15, -0.1) is 0 Å². The van der Waals surface area contributed by atoms with Gasteiger partial charge in [-0.2, -0.15) is 0 Å². The lowest BCUT2D eigenvalue weighted by atomic mass is 10.0. The van der Waals surface area contributed by atoms with Crippen LogP contribution in [0.25, 0.3) is 0 Å². The second-order valence-electron chi connectivity index (χ2n) is 5.85. The first-order valence-electron chi connectivity index (χ1n) is 7.93. The Kier molecular flexibility index (Phi) is 7.34. The van der Waals surface area contributed by atoms with Crippen LogP contribution in [0.4, 0.5) is 11.6 Å². The van der Waals surface area contributed by atoms with Crippen LogP contribution in [0, 0.1) is 5.92 Å². The van der Waals surface area contributed by atoms with E-state index in [2.05, 4.69) is 55.2 Å². The number of nitrogens with zero attached hydrogens (tertiary/aromatic N) is 2. The molecule has 4 nitrogen and oxygen atoms in total. The summed E-state index contributed by atoms with van der Waals surface area (Å²) in [4.78, 5) is 9.07. The maximum Gasteiger partial charge on any atom is 0.132 e. The lowest BCUT2D eigenvalue weighted by molar-refractivity contribution is 0.527. The molecule has 0 aliphatic rings. The van der Waals surface area contributed by atoms with Crippen molar-refractivity contribution in [2.75, 3.05) is 17.2 Å². The molecule has 2 N–H and O–H groups in total. The van der Waals surface area contributed by atoms with Crippen LogP contribution in [0.1, 0.15) is 59.7 Å². The van der Waals surface area contributed by atoms with Crippen LogP contribution in [-0.4, -0.2) is 22.6 Å². The smallest absolute Gasteiger partial charge is 0.132 e. The Morgan fingerprint density at radius 3 is 2.35 bits per heavy atom. The highest BCUT2D eigenvalue weighted by molar-refractivity contribution is 5.48. The van der Waals surface area contributed by atoms with Crippen molar-refractivity contribution >= 4 is 11.6 Å². The highest BCUT2D eigenvalue weighted by Gasteiger charge is 2.07. The molecule has 20 heavy (non-hydrogen) atoms. The summed E-state index contributed by atoms with van der Waals surface area (Å²) in [5.74, 6) is 3.51. The minimum Gasteiger partial charge on any atom is -0.370 e. The molecule has 0 fully saturated rings. The second kappa shape index (κ2) is 8.77. The van der Waals surface area contributed by atoms with Gasteiger partial charge in [0.25, 0.3) is 0 Å². The van der Waals surface area contributed by atoms with Crippen molar-refractivity contribution in [2.45, 2.75) is 66.3 Å². The number of rotatable bonds is 9. The zero-order valence-electron chi connectivity index (χ0n) is 13.7. The highest BCUT2D eigenvalue weighted by atomic mass is 15.1. The molecule has 1 rings (SSSR count). The van der Waals surface area contributed by atoms with E-state index in [4.69, 9.17) is 0 Å². The van der Waals surface area contributed by atoms with Crippen molar-refractivity contribution in [2.24, 2.45) is 5.92 Å². The molecule has 1 atom stereocenters. The monoisotopic (exact) mass is 278 g/mol. The van der Waals surface area contributed by atoms with E-state index in [-0.39, 0.29) is 0 Å². The summed E-state index contributed by atoms with van der Waals surface area (Å²) in [5, 5.41) is 6.84. The van der Waals surface area contributed by atoms with Gasteiger partial charge < -0.3 is 10.6 Å². The molecule has 0 aromatic carbocycles. The van der Waals surface area contributed by atoms with Crippen LogP contribution >= 0.6 is 0 Å². The Morgan fingerprint density at radius 2 is 1.75 bits per heavy atom. The van der Waals surface area contributed by atoms with Gasteiger partial charge in [-0.3, -0.25) is 0 Å². The Hall–Kier alpha value is -1.32. The second-order valence-corrected chi connectivity index (χ2v) is 5.85. The topological polar surface area (TPSA) is 49.8 Å². The van der Waals surface area contributed by atoms with E-state index in [1.165, 1.54) is 12.8 Å². The Morgan fingerprint density at radius 1 is 1.05 bits per heavy atom. The SMILES string of the molecule is CCCNc1cc(NC(C)CCC(C)C)nc(CC)n1. The van der Waals surface area contributed by atoms with E-state index in [9.17, 15) is 0 Å². The molecule has 1 aromatic heterocycles. The number of aryl methyl sites for hydroxylation is 1. The van der Waals surface area contributed by atoms with Crippen LogP contribution in [-0.2, 0) is 6.42 Å². The Labute approximate surface area is 123 Å². The fourth-order valence-electron chi connectivity index (χ4n) is 1.98. The predicted molar refractivity (Wildman–Crippen MR) is 87.3 cm³/mol. The van der Waals surface area contributed by atoms with E-state index in [1.807, 2.05) is 6.07 Å². The third-order valence-electron chi connectivity index (χ3n) is 3.22. The first-order chi connectivity index (χ1) is 9.55. The van der Waals surface area contributed by atoms with Gasteiger partial charge >= 0.3 is 0 Å². The van der Waals surface area contributed by atoms with Gasteiger partial charge in [-0.1, -0.05) is 27.7 Å². The van der Waals surface area contributed by atoms with Gasteiger partial charge in [0, 0.05) is 25.1 Å². The molecule has 1 unspecified atom stereocenters. The molecule has 1 aromatic rings. The number of hydrogen-bond acceptors (Lipinski definition) is 4. The Bertz CT molecular complexity index is 390. The summed E-state index contributed by atoms with van der Waals surface area (Å²) in [6, 6.07) is 2.46. The average Bonchev–Trinajstić information content (AvgIpc) is 2.42. The van der Waals surface area contributed by atoms with Crippen LogP contribution in [0.3, 0.4) is 0 Å². The fourth-order valence-corrected chi connectivity index (χ4v) is 1.98. The molecule has 0 saturated carbocycles. The third kappa shape index (κ3) is 6.22. The predicted octanol–water partition coefficient (Wildman–Crippen LogP) is 4.10. The summed E-state index contributed by atoms with van der Waals surface area (Å²) in [6.07, 6.45) is 4.36. The summed E-state index contributed by atoms with van der Waals surface area (Å²) in [6.45, 7) is 11.9. The summed E-state index contributed by atoms with van der Waals surface area (Å²) < 4.78 is 0. The zero-order valence-corrected chi connectivity index (χ0v) is 13.7. The fraction of sp³-hybridized carbons (Fsp3) is 0.750. The van der Waals surface area contributed by atoms with E-state index >= 15 is 0 Å². The first kappa shape index (κ1) is 16.7. The van der Waals surface area contributed by atoms with Crippen molar-refractivity contribution < 1.29 is 0 Å². The molecular formula is C16H30N4. The highest BCUT2D eigenvalue weighted by Crippen LogP contribution is 2.15. The third-order valence-corrected chi connectivity index (χ3v) is 3.22. The number of aromatic nitrogens is 2. The van der Waals surface area contributed by atoms with Gasteiger partial charge in [0.1, 0.15) is 17.5 Å². The maximum absolute atomic E-state index is 4.56. The van der Waals surface area contributed by atoms with Gasteiger partial charge in [-0.25, -0.2) is 9.97 Å². The summed E-state index contributed by atoms with van der Waals surface area (Å²) in [5.41, 5.74) is 0. The largest absolute Gasteiger partial charge is 0.370 e. The van der Waals surface area contributed by atoms with E-state index < -0.39 is 0 Å². The van der Waals surface area contributed by atoms with Gasteiger partial charge in [0.05, 0.1) is 0 Å². The van der Waals surface area contributed by atoms with Crippen LogP contribution in [0.5, 0.6) is 0 Å². The zero-order chi connectivity index (χ0) is 15.0. The van der Waals surface area contributed by atoms with E-state index in [0.29, 0.717) is 6.04 Å². The molecule has 0 aliphatic carbocycles. The first-order valence-corrected chi connectivity index (χ1v) is 7.93. The molecule has 1 heterocycles. The van der Waals surface area contributed by atoms with Crippen molar-refractivity contribution in [1.29, 1.82) is 0 Å². The lowest BCUT2D eigenvalue weighted by Crippen LogP contribution is -2.18. The molecule has 0 spiro atoms. The Balaban J connectivity index is 2.67. The van der Waals surface area contributed by atoms with Gasteiger partial charge in [-0.05, 0) is 32.1 Å². The molecule has 4 heteroatoms. The average molecular weight is 278 g/mol. The minimum absolute atomic E-state index is 0.441. The van der Waals surface area contributed by atoms with Gasteiger partial charge in [0.15, 0.2) is 0 Å². The maximum atomic E-state index is 4.56. The number of hydrogen-bond donors (Lipinski definition) is 2. The van der Waals surface area contributed by atoms with Crippen molar-refractivity contribution in [1.82, 2.24) is 9.97 Å². The van der Waals surface area contributed by atoms with E-state index in [0.717, 1.165) is 42.8 Å². The van der Waals surface area contributed by atoms with Gasteiger partial charge in [0.2, 0.25) is 0 Å². The minimum atomic E-state index is 0.441. The standard InChI is InChI=1S/C16H30N4/c1-6-10-17-15-11-16(20-14(7-2)19-15)18-13(5)9-8-12(3)4/h11-13H,6-10H2,1-5H3,(H2,17,18,19,20). The normalized spacial score (nSPS) is 12.5. The molecule has 0 aliphatic heterocycles. The van der Waals surface area contributed by atoms with Crippen LogP contribution < -0.4 is 10.6 Å². The quantitative estimate of drug-likeness (QED) is 0.714. The van der Waals surface area contributed by atoms with E-state index in [1.54, 1.807) is 0 Å². The molecular weight excluding hydrogens is 248 g/mol. The summed E-state index contributed by atoms with van der Waals surface area (Å²) >= 11 is 0. The summed E-state index contributed by atoms with van der Waals surface area (Å²) in [7, 11) is 0. The van der Waals surface area contributed by atoms with Crippen molar-refractivity contribution in [3.05, 3.63) is 11.9 Å². The van der Waals surface area contributed by atoms with Crippen LogP contribution in [0.15, 0.2) is 6.07 Å². The molecule has 0 amide bonds. The number of nitrogens with one attached hydrogen (secondary N) is 2. The van der Waals surface area contributed by atoms with Crippen molar-refractivity contribution in [3.63, 3.8) is 0 Å². The number of anilines is 2. The van der Waals surface area contributed by atoms with Crippen molar-refractivity contribution in [3.8, 4) is 0 Å². The van der Waals surface area contributed by atoms with Crippen LogP contribution in [0.2, 0.25) is 0 Å². The lowest BCUT2D eigenvalue weighted by Gasteiger charge is -2.17. The molecule has 0 bridgehead atoms. The molecule has 0 radical (unpaired) electrons.